The molecular formula is C9H20N2O3S. The lowest BCUT2D eigenvalue weighted by Crippen LogP contribution is -2.46. The van der Waals surface area contributed by atoms with E-state index in [1.807, 2.05) is 13.8 Å². The molecule has 0 aromatic carbocycles. The largest absolute Gasteiger partial charge is 0.395 e. The van der Waals surface area contributed by atoms with Gasteiger partial charge in [0.1, 0.15) is 0 Å². The van der Waals surface area contributed by atoms with E-state index >= 15 is 0 Å². The van der Waals surface area contributed by atoms with Gasteiger partial charge in [0.25, 0.3) is 10.2 Å². The van der Waals surface area contributed by atoms with Crippen LogP contribution in [0.4, 0.5) is 0 Å². The summed E-state index contributed by atoms with van der Waals surface area (Å²) in [7, 11) is -3.36. The fraction of sp³-hybridized carbons (Fsp3) is 1.00. The summed E-state index contributed by atoms with van der Waals surface area (Å²) in [4.78, 5) is 0. The lowest BCUT2D eigenvalue weighted by Gasteiger charge is -2.28. The third-order valence-corrected chi connectivity index (χ3v) is 5.10. The molecule has 1 fully saturated rings. The summed E-state index contributed by atoms with van der Waals surface area (Å²) in [6, 6.07) is -0.226. The Morgan fingerprint density at radius 3 is 2.47 bits per heavy atom. The van der Waals surface area contributed by atoms with Gasteiger partial charge < -0.3 is 5.11 Å². The summed E-state index contributed by atoms with van der Waals surface area (Å²) >= 11 is 0. The van der Waals surface area contributed by atoms with Crippen LogP contribution in [-0.2, 0) is 10.2 Å². The fourth-order valence-electron chi connectivity index (χ4n) is 1.99. The number of aliphatic hydroxyl groups excluding tert-OH is 1. The van der Waals surface area contributed by atoms with Crippen molar-refractivity contribution in [3.05, 3.63) is 0 Å². The molecule has 0 aromatic heterocycles. The molecule has 1 rings (SSSR count). The second-order valence-electron chi connectivity index (χ2n) is 3.68. The third-order valence-electron chi connectivity index (χ3n) is 2.86. The molecule has 5 nitrogen and oxygen atoms in total. The van der Waals surface area contributed by atoms with Crippen LogP contribution in [0.3, 0.4) is 0 Å². The van der Waals surface area contributed by atoms with Crippen LogP contribution < -0.4 is 0 Å². The molecular weight excluding hydrogens is 216 g/mol. The zero-order valence-corrected chi connectivity index (χ0v) is 10.2. The standard InChI is InChI=1S/C9H20N2O3S/c1-3-10(4-2)15(13,14)11-7-5-6-9(11)8-12/h9,12H,3-8H2,1-2H3. The van der Waals surface area contributed by atoms with Crippen LogP contribution in [0.25, 0.3) is 0 Å². The number of hydrogen-bond acceptors (Lipinski definition) is 3. The van der Waals surface area contributed by atoms with Crippen LogP contribution >= 0.6 is 0 Å². The quantitative estimate of drug-likeness (QED) is 0.732. The molecule has 0 spiro atoms. The lowest BCUT2D eigenvalue weighted by molar-refractivity contribution is 0.206. The Bertz CT molecular complexity index is 288. The highest BCUT2D eigenvalue weighted by atomic mass is 32.2. The van der Waals surface area contributed by atoms with Crippen molar-refractivity contribution in [3.63, 3.8) is 0 Å². The number of hydrogen-bond donors (Lipinski definition) is 1. The van der Waals surface area contributed by atoms with Crippen molar-refractivity contribution in [2.45, 2.75) is 32.7 Å². The van der Waals surface area contributed by atoms with E-state index in [-0.39, 0.29) is 12.6 Å². The zero-order chi connectivity index (χ0) is 11.5. The fourth-order valence-corrected chi connectivity index (χ4v) is 3.85. The molecule has 0 amide bonds. The van der Waals surface area contributed by atoms with Crippen molar-refractivity contribution in [2.75, 3.05) is 26.2 Å². The van der Waals surface area contributed by atoms with Gasteiger partial charge in [0, 0.05) is 25.7 Å². The first-order valence-corrected chi connectivity index (χ1v) is 6.85. The molecule has 6 heteroatoms. The molecule has 1 aliphatic heterocycles. The maximum Gasteiger partial charge on any atom is 0.282 e. The lowest BCUT2D eigenvalue weighted by atomic mass is 10.2. The summed E-state index contributed by atoms with van der Waals surface area (Å²) in [5, 5.41) is 9.10. The zero-order valence-electron chi connectivity index (χ0n) is 9.39. The van der Waals surface area contributed by atoms with E-state index in [2.05, 4.69) is 0 Å². The van der Waals surface area contributed by atoms with Crippen molar-refractivity contribution >= 4 is 10.2 Å². The van der Waals surface area contributed by atoms with Crippen molar-refractivity contribution in [2.24, 2.45) is 0 Å². The van der Waals surface area contributed by atoms with Gasteiger partial charge in [0.05, 0.1) is 6.61 Å². The summed E-state index contributed by atoms with van der Waals surface area (Å²) < 4.78 is 27.1. The molecule has 1 heterocycles. The van der Waals surface area contributed by atoms with Gasteiger partial charge in [-0.1, -0.05) is 13.8 Å². The highest BCUT2D eigenvalue weighted by molar-refractivity contribution is 7.86. The van der Waals surface area contributed by atoms with Gasteiger partial charge in [-0.3, -0.25) is 0 Å². The molecule has 0 saturated carbocycles. The highest BCUT2D eigenvalue weighted by Crippen LogP contribution is 2.22. The van der Waals surface area contributed by atoms with Crippen molar-refractivity contribution in [3.8, 4) is 0 Å². The maximum atomic E-state index is 12.1. The van der Waals surface area contributed by atoms with Crippen molar-refractivity contribution in [1.82, 2.24) is 8.61 Å². The molecule has 90 valence electrons. The molecule has 0 bridgehead atoms. The van der Waals surface area contributed by atoms with Crippen LogP contribution in [0.1, 0.15) is 26.7 Å². The summed E-state index contributed by atoms with van der Waals surface area (Å²) in [5.41, 5.74) is 0. The smallest absolute Gasteiger partial charge is 0.282 e. The van der Waals surface area contributed by atoms with E-state index in [1.54, 1.807) is 0 Å². The first kappa shape index (κ1) is 12.9. The summed E-state index contributed by atoms with van der Waals surface area (Å²) in [6.45, 7) is 5.06. The van der Waals surface area contributed by atoms with Crippen molar-refractivity contribution in [1.29, 1.82) is 0 Å². The second kappa shape index (κ2) is 5.25. The van der Waals surface area contributed by atoms with E-state index in [1.165, 1.54) is 8.61 Å². The Hall–Kier alpha value is -0.170. The van der Waals surface area contributed by atoms with Gasteiger partial charge in [-0.25, -0.2) is 0 Å². The normalized spacial score (nSPS) is 23.9. The molecule has 15 heavy (non-hydrogen) atoms. The third kappa shape index (κ3) is 2.50. The first-order chi connectivity index (χ1) is 7.07. The van der Waals surface area contributed by atoms with Gasteiger partial charge in [-0.15, -0.1) is 0 Å². The van der Waals surface area contributed by atoms with Crippen LogP contribution in [0.2, 0.25) is 0 Å². The van der Waals surface area contributed by atoms with Crippen LogP contribution in [0, 0.1) is 0 Å². The molecule has 1 atom stereocenters. The van der Waals surface area contributed by atoms with Gasteiger partial charge in [-0.05, 0) is 12.8 Å². The molecule has 1 aliphatic rings. The number of rotatable bonds is 5. The Balaban J connectivity index is 2.84. The van der Waals surface area contributed by atoms with E-state index in [0.717, 1.165) is 12.8 Å². The van der Waals surface area contributed by atoms with Crippen LogP contribution in [0.5, 0.6) is 0 Å². The predicted octanol–water partition coefficient (Wildman–Crippen LogP) is 0.0297. The van der Waals surface area contributed by atoms with Gasteiger partial charge in [-0.2, -0.15) is 17.0 Å². The molecule has 1 N–H and O–H groups in total. The van der Waals surface area contributed by atoms with E-state index in [9.17, 15) is 8.42 Å². The first-order valence-electron chi connectivity index (χ1n) is 5.45. The van der Waals surface area contributed by atoms with Crippen LogP contribution in [0.15, 0.2) is 0 Å². The highest BCUT2D eigenvalue weighted by Gasteiger charge is 2.36. The van der Waals surface area contributed by atoms with Gasteiger partial charge in [0.2, 0.25) is 0 Å². The maximum absolute atomic E-state index is 12.1. The number of aliphatic hydroxyl groups is 1. The minimum atomic E-state index is -3.36. The molecule has 0 aromatic rings. The SMILES string of the molecule is CCN(CC)S(=O)(=O)N1CCCC1CO. The molecule has 1 saturated heterocycles. The topological polar surface area (TPSA) is 60.9 Å². The number of nitrogens with zero attached hydrogens (tertiary/aromatic N) is 2. The van der Waals surface area contributed by atoms with Crippen LogP contribution in [-0.4, -0.2) is 54.4 Å². The summed E-state index contributed by atoms with van der Waals surface area (Å²) in [5.74, 6) is 0. The van der Waals surface area contributed by atoms with Gasteiger partial charge in [0.15, 0.2) is 0 Å². The average Bonchev–Trinajstić information content (AvgIpc) is 2.67. The molecule has 1 unspecified atom stereocenters. The Kier molecular flexibility index (Phi) is 4.51. The Morgan fingerprint density at radius 1 is 1.40 bits per heavy atom. The Labute approximate surface area is 91.9 Å². The van der Waals surface area contributed by atoms with E-state index in [4.69, 9.17) is 5.11 Å². The average molecular weight is 236 g/mol. The minimum Gasteiger partial charge on any atom is -0.395 e. The van der Waals surface area contributed by atoms with E-state index in [0.29, 0.717) is 19.6 Å². The monoisotopic (exact) mass is 236 g/mol. The Morgan fingerprint density at radius 2 is 2.00 bits per heavy atom. The minimum absolute atomic E-state index is 0.0828. The van der Waals surface area contributed by atoms with E-state index < -0.39 is 10.2 Å². The predicted molar refractivity (Wildman–Crippen MR) is 58.7 cm³/mol. The second-order valence-corrected chi connectivity index (χ2v) is 5.56. The van der Waals surface area contributed by atoms with Gasteiger partial charge >= 0.3 is 0 Å². The summed E-state index contributed by atoms with van der Waals surface area (Å²) in [6.07, 6.45) is 1.60. The van der Waals surface area contributed by atoms with Crippen molar-refractivity contribution < 1.29 is 13.5 Å². The molecule has 0 aliphatic carbocycles. The molecule has 0 radical (unpaired) electrons.